The number of anilines is 1. The molecule has 0 aromatic carbocycles. The molecule has 2 atom stereocenters. The fraction of sp³-hybridized carbons (Fsp3) is 0.611. The molecule has 28 heavy (non-hydrogen) atoms. The van der Waals surface area contributed by atoms with Gasteiger partial charge in [0.1, 0.15) is 23.5 Å². The number of hydrogen-bond donors (Lipinski definition) is 1. The Morgan fingerprint density at radius 2 is 2.14 bits per heavy atom. The van der Waals surface area contributed by atoms with Crippen LogP contribution in [0.25, 0.3) is 5.52 Å². The maximum Gasteiger partial charge on any atom is 0.410 e. The lowest BCUT2D eigenvalue weighted by Gasteiger charge is -2.45. The van der Waals surface area contributed by atoms with E-state index in [9.17, 15) is 4.79 Å². The molecule has 152 valence electrons. The minimum Gasteiger partial charge on any atom is -0.444 e. The van der Waals surface area contributed by atoms with Gasteiger partial charge < -0.3 is 20.1 Å². The van der Waals surface area contributed by atoms with Gasteiger partial charge in [0.2, 0.25) is 0 Å². The number of halogens is 1. The molecule has 2 aromatic rings. The van der Waals surface area contributed by atoms with E-state index < -0.39 is 5.60 Å². The number of nitrogen functional groups attached to an aromatic ring is 1. The van der Waals surface area contributed by atoms with E-state index in [1.165, 1.54) is 6.33 Å². The number of ether oxygens (including phenoxy) is 2. The van der Waals surface area contributed by atoms with Crippen molar-refractivity contribution in [3.05, 3.63) is 22.6 Å². The van der Waals surface area contributed by atoms with Gasteiger partial charge in [0.05, 0.1) is 18.3 Å². The van der Waals surface area contributed by atoms with Gasteiger partial charge in [-0.25, -0.2) is 14.3 Å². The Bertz CT molecular complexity index is 895. The number of carbonyl (C=O) groups excluding carboxylic acids is 1. The number of hydrogen-bond acceptors (Lipinski definition) is 7. The Morgan fingerprint density at radius 1 is 1.36 bits per heavy atom. The first-order chi connectivity index (χ1) is 13.2. The molecule has 2 saturated heterocycles. The summed E-state index contributed by atoms with van der Waals surface area (Å²) < 4.78 is 14.3. The minimum atomic E-state index is -0.491. The zero-order chi connectivity index (χ0) is 20.1. The highest BCUT2D eigenvalue weighted by molar-refractivity contribution is 9.10. The monoisotopic (exact) mass is 452 g/mol. The molecule has 1 amide bonds. The second-order valence-electron chi connectivity index (χ2n) is 8.22. The van der Waals surface area contributed by atoms with Crippen LogP contribution in [0.1, 0.15) is 32.6 Å². The van der Waals surface area contributed by atoms with Gasteiger partial charge in [0, 0.05) is 30.7 Å². The fourth-order valence-corrected chi connectivity index (χ4v) is 4.34. The van der Waals surface area contributed by atoms with E-state index in [4.69, 9.17) is 15.2 Å². The number of morpholine rings is 1. The molecular weight excluding hydrogens is 428 g/mol. The Labute approximate surface area is 171 Å². The highest BCUT2D eigenvalue weighted by atomic mass is 79.9. The van der Waals surface area contributed by atoms with E-state index in [-0.39, 0.29) is 18.2 Å². The zero-order valence-corrected chi connectivity index (χ0v) is 17.8. The predicted octanol–water partition coefficient (Wildman–Crippen LogP) is 2.07. The van der Waals surface area contributed by atoms with Crippen molar-refractivity contribution >= 4 is 33.4 Å². The van der Waals surface area contributed by atoms with E-state index in [1.54, 1.807) is 9.42 Å². The lowest BCUT2D eigenvalue weighted by Crippen LogP contribution is -2.60. The number of fused-ring (bicyclic) bond motifs is 2. The number of carbonyl (C=O) groups is 1. The van der Waals surface area contributed by atoms with Crippen molar-refractivity contribution in [2.45, 2.75) is 38.5 Å². The Balaban J connectivity index is 1.46. The smallest absolute Gasteiger partial charge is 0.410 e. The molecule has 2 N–H and O–H groups in total. The molecule has 4 heterocycles. The molecule has 10 heteroatoms. The molecule has 4 rings (SSSR count). The van der Waals surface area contributed by atoms with Crippen LogP contribution in [0.2, 0.25) is 0 Å². The molecule has 2 unspecified atom stereocenters. The summed E-state index contributed by atoms with van der Waals surface area (Å²) in [6, 6.07) is 2.15. The average Bonchev–Trinajstić information content (AvgIpc) is 2.97. The number of piperazine rings is 1. The Morgan fingerprint density at radius 3 is 2.89 bits per heavy atom. The average molecular weight is 453 g/mol. The highest BCUT2D eigenvalue weighted by Crippen LogP contribution is 2.33. The molecule has 2 aliphatic heterocycles. The number of rotatable bonds is 1. The quantitative estimate of drug-likeness (QED) is 0.706. The second kappa shape index (κ2) is 7.16. The summed E-state index contributed by atoms with van der Waals surface area (Å²) in [4.78, 5) is 20.6. The third-order valence-corrected chi connectivity index (χ3v) is 5.64. The van der Waals surface area contributed by atoms with Crippen molar-refractivity contribution in [3.8, 4) is 0 Å². The number of aromatic nitrogens is 3. The van der Waals surface area contributed by atoms with Crippen LogP contribution in [-0.4, -0.2) is 74.9 Å². The topological polar surface area (TPSA) is 98.2 Å². The number of amides is 1. The van der Waals surface area contributed by atoms with Crippen LogP contribution in [0, 0.1) is 0 Å². The van der Waals surface area contributed by atoms with Crippen molar-refractivity contribution in [2.75, 3.05) is 38.5 Å². The van der Waals surface area contributed by atoms with Gasteiger partial charge in [-0.3, -0.25) is 4.90 Å². The lowest BCUT2D eigenvalue weighted by atomic mass is 10.1. The summed E-state index contributed by atoms with van der Waals surface area (Å²) in [5.74, 6) is 0.424. The maximum atomic E-state index is 12.4. The standard InChI is InChI=1S/C18H25BrN6O3/c1-18(2,3)28-17(26)24-5-4-23-8-14(27-9-11(23)7-24)13-6-12(19)15-16(20)21-10-22-25(13)15/h6,10-11,14H,4-5,7-9H2,1-3H3,(H2,20,21,22). The summed E-state index contributed by atoms with van der Waals surface area (Å²) in [5, 5.41) is 4.34. The first-order valence-corrected chi connectivity index (χ1v) is 10.1. The van der Waals surface area contributed by atoms with E-state index in [2.05, 4.69) is 30.9 Å². The third-order valence-electron chi connectivity index (χ3n) is 5.04. The first kappa shape index (κ1) is 19.4. The number of nitrogens with two attached hydrogens (primary N) is 1. The normalized spacial score (nSPS) is 23.6. The van der Waals surface area contributed by atoms with Crippen LogP contribution in [0.5, 0.6) is 0 Å². The SMILES string of the molecule is CC(C)(C)OC(=O)N1CCN2CC(c3cc(Br)c4c(N)ncnn34)OCC2C1. The van der Waals surface area contributed by atoms with Gasteiger partial charge in [-0.05, 0) is 42.8 Å². The zero-order valence-electron chi connectivity index (χ0n) is 16.3. The van der Waals surface area contributed by atoms with Crippen LogP contribution in [0.15, 0.2) is 16.9 Å². The summed E-state index contributed by atoms with van der Waals surface area (Å²) in [6.07, 6.45) is 1.06. The van der Waals surface area contributed by atoms with Crippen LogP contribution in [0.4, 0.5) is 10.6 Å². The molecule has 0 spiro atoms. The second-order valence-corrected chi connectivity index (χ2v) is 9.07. The van der Waals surface area contributed by atoms with E-state index in [0.29, 0.717) is 25.5 Å². The highest BCUT2D eigenvalue weighted by Gasteiger charge is 2.37. The molecule has 2 aromatic heterocycles. The maximum absolute atomic E-state index is 12.4. The third kappa shape index (κ3) is 3.68. The fourth-order valence-electron chi connectivity index (χ4n) is 3.73. The molecule has 2 fully saturated rings. The van der Waals surface area contributed by atoms with Gasteiger partial charge in [-0.15, -0.1) is 0 Å². The molecule has 0 aliphatic carbocycles. The van der Waals surface area contributed by atoms with Gasteiger partial charge in [0.25, 0.3) is 0 Å². The Kier molecular flexibility index (Phi) is 4.96. The van der Waals surface area contributed by atoms with Gasteiger partial charge in [-0.1, -0.05) is 0 Å². The van der Waals surface area contributed by atoms with Gasteiger partial charge >= 0.3 is 6.09 Å². The van der Waals surface area contributed by atoms with Crippen molar-refractivity contribution in [3.63, 3.8) is 0 Å². The molecule has 9 nitrogen and oxygen atoms in total. The van der Waals surface area contributed by atoms with Gasteiger partial charge in [-0.2, -0.15) is 5.10 Å². The van der Waals surface area contributed by atoms with Crippen LogP contribution in [-0.2, 0) is 9.47 Å². The molecule has 0 bridgehead atoms. The molecule has 0 radical (unpaired) electrons. The van der Waals surface area contributed by atoms with Crippen LogP contribution in [0.3, 0.4) is 0 Å². The summed E-state index contributed by atoms with van der Waals surface area (Å²) in [7, 11) is 0. The largest absolute Gasteiger partial charge is 0.444 e. The van der Waals surface area contributed by atoms with E-state index >= 15 is 0 Å². The molecular formula is C18H25BrN6O3. The van der Waals surface area contributed by atoms with Crippen LogP contribution >= 0.6 is 15.9 Å². The summed E-state index contributed by atoms with van der Waals surface area (Å²) in [6.45, 7) is 8.94. The number of nitrogens with zero attached hydrogens (tertiary/aromatic N) is 5. The molecule has 2 aliphatic rings. The van der Waals surface area contributed by atoms with Crippen LogP contribution < -0.4 is 5.73 Å². The van der Waals surface area contributed by atoms with E-state index in [1.807, 2.05) is 26.8 Å². The molecule has 0 saturated carbocycles. The van der Waals surface area contributed by atoms with E-state index in [0.717, 1.165) is 28.8 Å². The predicted molar refractivity (Wildman–Crippen MR) is 107 cm³/mol. The minimum absolute atomic E-state index is 0.127. The van der Waals surface area contributed by atoms with Crippen molar-refractivity contribution in [2.24, 2.45) is 0 Å². The van der Waals surface area contributed by atoms with Crippen molar-refractivity contribution < 1.29 is 14.3 Å². The summed E-state index contributed by atoms with van der Waals surface area (Å²) in [5.41, 5.74) is 7.18. The van der Waals surface area contributed by atoms with Crippen molar-refractivity contribution in [1.29, 1.82) is 0 Å². The van der Waals surface area contributed by atoms with Gasteiger partial charge in [0.15, 0.2) is 5.82 Å². The summed E-state index contributed by atoms with van der Waals surface area (Å²) >= 11 is 3.54. The van der Waals surface area contributed by atoms with Crippen molar-refractivity contribution in [1.82, 2.24) is 24.4 Å². The lowest BCUT2D eigenvalue weighted by molar-refractivity contribution is -0.0924. The first-order valence-electron chi connectivity index (χ1n) is 9.34. The Hall–Kier alpha value is -1.91.